The van der Waals surface area contributed by atoms with E-state index in [4.69, 9.17) is 28.9 Å². The molecule has 0 aliphatic carbocycles. The molecule has 2 heterocycles. The molecular weight excluding hydrogens is 301 g/mol. The van der Waals surface area contributed by atoms with Crippen molar-refractivity contribution in [3.8, 4) is 17.0 Å². The van der Waals surface area contributed by atoms with Crippen LogP contribution in [0.2, 0.25) is 10.4 Å². The van der Waals surface area contributed by atoms with E-state index in [9.17, 15) is 8.78 Å². The number of rotatable bonds is 3. The first-order chi connectivity index (χ1) is 8.95. The Kier molecular flexibility index (Phi) is 3.96. The molecule has 0 spiro atoms. The number of aromatic nitrogens is 3. The summed E-state index contributed by atoms with van der Waals surface area (Å²) in [6.45, 7) is -3.00. The summed E-state index contributed by atoms with van der Waals surface area (Å²) in [4.78, 5) is 11.3. The number of nitrogens with zero attached hydrogens (tertiary/aromatic N) is 3. The Hall–Kier alpha value is -1.73. The third-order valence-corrected chi connectivity index (χ3v) is 2.42. The van der Waals surface area contributed by atoms with Gasteiger partial charge >= 0.3 is 6.61 Å². The van der Waals surface area contributed by atoms with Gasteiger partial charge in [-0.15, -0.1) is 0 Å². The van der Waals surface area contributed by atoms with Gasteiger partial charge in [-0.05, 0) is 17.7 Å². The van der Waals surface area contributed by atoms with E-state index >= 15 is 0 Å². The molecule has 0 atom stereocenters. The Bertz CT molecular complexity index is 592. The Labute approximate surface area is 116 Å². The SMILES string of the molecule is Nc1ncc(-c2cc(Cl)nc(Cl)n2)cc1OC(F)F. The molecule has 0 saturated heterocycles. The summed E-state index contributed by atoms with van der Waals surface area (Å²) in [7, 11) is 0. The average molecular weight is 307 g/mol. The van der Waals surface area contributed by atoms with Crippen LogP contribution in [0.4, 0.5) is 14.6 Å². The van der Waals surface area contributed by atoms with E-state index in [1.54, 1.807) is 0 Å². The standard InChI is InChI=1S/C10H6Cl2F2N4O/c11-7-2-5(17-9(12)18-7)4-1-6(19-10(13)14)8(15)16-3-4/h1-3,10H,(H2,15,16). The van der Waals surface area contributed by atoms with E-state index in [1.807, 2.05) is 0 Å². The van der Waals surface area contributed by atoms with Gasteiger partial charge in [-0.3, -0.25) is 0 Å². The molecule has 19 heavy (non-hydrogen) atoms. The second kappa shape index (κ2) is 5.50. The maximum atomic E-state index is 12.2. The van der Waals surface area contributed by atoms with Crippen molar-refractivity contribution < 1.29 is 13.5 Å². The topological polar surface area (TPSA) is 73.9 Å². The summed E-state index contributed by atoms with van der Waals surface area (Å²) < 4.78 is 28.6. The summed E-state index contributed by atoms with van der Waals surface area (Å²) >= 11 is 11.4. The number of alkyl halides is 2. The highest BCUT2D eigenvalue weighted by molar-refractivity contribution is 6.32. The lowest BCUT2D eigenvalue weighted by atomic mass is 10.2. The van der Waals surface area contributed by atoms with Crippen molar-refractivity contribution in [3.05, 3.63) is 28.8 Å². The fourth-order valence-electron chi connectivity index (χ4n) is 1.32. The maximum absolute atomic E-state index is 12.2. The minimum Gasteiger partial charge on any atom is -0.431 e. The molecule has 0 fully saturated rings. The Balaban J connectivity index is 2.45. The molecule has 0 aromatic carbocycles. The van der Waals surface area contributed by atoms with Gasteiger partial charge in [0.1, 0.15) is 5.15 Å². The Morgan fingerprint density at radius 3 is 2.58 bits per heavy atom. The predicted octanol–water partition coefficient (Wildman–Crippen LogP) is 3.03. The van der Waals surface area contributed by atoms with Crippen LogP contribution >= 0.6 is 23.2 Å². The van der Waals surface area contributed by atoms with Crippen LogP contribution in [0, 0.1) is 0 Å². The molecule has 0 aliphatic rings. The van der Waals surface area contributed by atoms with Gasteiger partial charge in [-0.1, -0.05) is 11.6 Å². The number of nitrogens with two attached hydrogens (primary N) is 1. The van der Waals surface area contributed by atoms with Gasteiger partial charge in [0, 0.05) is 17.8 Å². The number of halogens is 4. The summed E-state index contributed by atoms with van der Waals surface area (Å²) in [5.74, 6) is -0.409. The normalized spacial score (nSPS) is 10.8. The predicted molar refractivity (Wildman–Crippen MR) is 66.3 cm³/mol. The molecule has 0 saturated carbocycles. The summed E-state index contributed by atoms with van der Waals surface area (Å²) in [6, 6.07) is 2.68. The largest absolute Gasteiger partial charge is 0.431 e. The first-order valence-corrected chi connectivity index (χ1v) is 5.62. The van der Waals surface area contributed by atoms with Gasteiger partial charge in [0.25, 0.3) is 0 Å². The van der Waals surface area contributed by atoms with Crippen molar-refractivity contribution in [3.63, 3.8) is 0 Å². The molecule has 0 radical (unpaired) electrons. The second-order valence-electron chi connectivity index (χ2n) is 3.33. The summed E-state index contributed by atoms with van der Waals surface area (Å²) in [5, 5.41) is 0.0406. The van der Waals surface area contributed by atoms with Crippen LogP contribution in [0.5, 0.6) is 5.75 Å². The molecule has 5 nitrogen and oxygen atoms in total. The number of nitrogen functional groups attached to an aromatic ring is 1. The van der Waals surface area contributed by atoms with Crippen LogP contribution in [0.25, 0.3) is 11.3 Å². The number of hydrogen-bond acceptors (Lipinski definition) is 5. The van der Waals surface area contributed by atoms with Gasteiger partial charge in [-0.25, -0.2) is 15.0 Å². The zero-order chi connectivity index (χ0) is 14.0. The molecule has 9 heteroatoms. The number of ether oxygens (including phenoxy) is 1. The zero-order valence-electron chi connectivity index (χ0n) is 9.15. The molecule has 0 bridgehead atoms. The Morgan fingerprint density at radius 2 is 1.95 bits per heavy atom. The van der Waals surface area contributed by atoms with Crippen LogP contribution in [-0.4, -0.2) is 21.6 Å². The van der Waals surface area contributed by atoms with E-state index < -0.39 is 6.61 Å². The zero-order valence-corrected chi connectivity index (χ0v) is 10.7. The lowest BCUT2D eigenvalue weighted by molar-refractivity contribution is -0.0494. The minimum atomic E-state index is -3.00. The van der Waals surface area contributed by atoms with E-state index in [2.05, 4.69) is 19.7 Å². The molecule has 2 rings (SSSR count). The van der Waals surface area contributed by atoms with Crippen molar-refractivity contribution in [1.29, 1.82) is 0 Å². The van der Waals surface area contributed by atoms with Crippen LogP contribution < -0.4 is 10.5 Å². The third-order valence-electron chi connectivity index (χ3n) is 2.06. The van der Waals surface area contributed by atoms with Crippen molar-refractivity contribution in [1.82, 2.24) is 15.0 Å². The van der Waals surface area contributed by atoms with Crippen LogP contribution in [0.3, 0.4) is 0 Å². The second-order valence-corrected chi connectivity index (χ2v) is 4.06. The minimum absolute atomic E-state index is 0.0735. The third kappa shape index (κ3) is 3.39. The highest BCUT2D eigenvalue weighted by Crippen LogP contribution is 2.28. The first kappa shape index (κ1) is 13.7. The van der Waals surface area contributed by atoms with Crippen LogP contribution in [0.15, 0.2) is 18.3 Å². The van der Waals surface area contributed by atoms with Crippen LogP contribution in [-0.2, 0) is 0 Å². The molecule has 100 valence electrons. The monoisotopic (exact) mass is 306 g/mol. The fourth-order valence-corrected chi connectivity index (χ4v) is 1.73. The van der Waals surface area contributed by atoms with E-state index in [1.165, 1.54) is 18.3 Å². The van der Waals surface area contributed by atoms with Crippen LogP contribution in [0.1, 0.15) is 0 Å². The van der Waals surface area contributed by atoms with Crippen molar-refractivity contribution in [2.45, 2.75) is 6.61 Å². The van der Waals surface area contributed by atoms with Gasteiger partial charge in [0.2, 0.25) is 5.28 Å². The lowest BCUT2D eigenvalue weighted by Crippen LogP contribution is -2.06. The lowest BCUT2D eigenvalue weighted by Gasteiger charge is -2.08. The quantitative estimate of drug-likeness (QED) is 0.697. The maximum Gasteiger partial charge on any atom is 0.387 e. The highest BCUT2D eigenvalue weighted by atomic mass is 35.5. The van der Waals surface area contributed by atoms with Crippen molar-refractivity contribution in [2.24, 2.45) is 0 Å². The highest BCUT2D eigenvalue weighted by Gasteiger charge is 2.12. The van der Waals surface area contributed by atoms with Gasteiger partial charge in [-0.2, -0.15) is 8.78 Å². The smallest absolute Gasteiger partial charge is 0.387 e. The Morgan fingerprint density at radius 1 is 1.21 bits per heavy atom. The molecule has 0 unspecified atom stereocenters. The molecule has 0 aliphatic heterocycles. The van der Waals surface area contributed by atoms with Crippen molar-refractivity contribution in [2.75, 3.05) is 5.73 Å². The molecule has 2 N–H and O–H groups in total. The number of anilines is 1. The average Bonchev–Trinajstić information content (AvgIpc) is 2.30. The molecule has 2 aromatic heterocycles. The number of pyridine rings is 1. The van der Waals surface area contributed by atoms with Gasteiger partial charge in [0.05, 0.1) is 5.69 Å². The first-order valence-electron chi connectivity index (χ1n) is 4.86. The van der Waals surface area contributed by atoms with E-state index in [0.717, 1.165) is 0 Å². The molecular formula is C10H6Cl2F2N4O. The summed E-state index contributed by atoms with van der Waals surface area (Å²) in [5.41, 5.74) is 6.11. The molecule has 2 aromatic rings. The fraction of sp³-hybridized carbons (Fsp3) is 0.100. The van der Waals surface area contributed by atoms with Crippen molar-refractivity contribution >= 4 is 29.0 Å². The summed E-state index contributed by atoms with van der Waals surface area (Å²) in [6.07, 6.45) is 1.34. The van der Waals surface area contributed by atoms with Gasteiger partial charge in [0.15, 0.2) is 11.6 Å². The van der Waals surface area contributed by atoms with E-state index in [0.29, 0.717) is 11.3 Å². The van der Waals surface area contributed by atoms with Gasteiger partial charge < -0.3 is 10.5 Å². The number of hydrogen-bond donors (Lipinski definition) is 1. The molecule has 0 amide bonds. The van der Waals surface area contributed by atoms with E-state index in [-0.39, 0.29) is 22.0 Å².